The molecule has 3 nitrogen and oxygen atoms in total. The molecule has 0 bridgehead atoms. The van der Waals surface area contributed by atoms with Crippen LogP contribution >= 0.6 is 0 Å². The van der Waals surface area contributed by atoms with Crippen molar-refractivity contribution in [1.29, 1.82) is 0 Å². The second kappa shape index (κ2) is 4.91. The summed E-state index contributed by atoms with van der Waals surface area (Å²) in [5.41, 5.74) is -0.215. The molecule has 0 radical (unpaired) electrons. The van der Waals surface area contributed by atoms with E-state index in [1.807, 2.05) is 6.07 Å². The molecule has 0 fully saturated rings. The summed E-state index contributed by atoms with van der Waals surface area (Å²) in [6.07, 6.45) is 0. The molecule has 0 spiro atoms. The van der Waals surface area contributed by atoms with Crippen LogP contribution in [0.1, 0.15) is 19.4 Å². The predicted octanol–water partition coefficient (Wildman–Crippen LogP) is 1.83. The van der Waals surface area contributed by atoms with Crippen LogP contribution < -0.4 is 9.47 Å². The number of hydrogen-bond donors (Lipinski definition) is 1. The molecule has 1 aromatic carbocycles. The van der Waals surface area contributed by atoms with Crippen molar-refractivity contribution in [1.82, 2.24) is 0 Å². The van der Waals surface area contributed by atoms with Crippen molar-refractivity contribution >= 4 is 0 Å². The molecule has 3 heteroatoms. The molecule has 1 N–H and O–H groups in total. The summed E-state index contributed by atoms with van der Waals surface area (Å²) in [7, 11) is 3.16. The predicted molar refractivity (Wildman–Crippen MR) is 62.7 cm³/mol. The molecular formula is C13H16O3. The quantitative estimate of drug-likeness (QED) is 0.773. The number of hydrogen-bond acceptors (Lipinski definition) is 3. The van der Waals surface area contributed by atoms with Crippen molar-refractivity contribution in [2.45, 2.75) is 19.4 Å². The maximum absolute atomic E-state index is 9.48. The average Bonchev–Trinajstić information content (AvgIpc) is 2.25. The van der Waals surface area contributed by atoms with Crippen molar-refractivity contribution in [3.8, 4) is 23.3 Å². The first-order chi connectivity index (χ1) is 7.46. The highest BCUT2D eigenvalue weighted by molar-refractivity contribution is 5.48. The van der Waals surface area contributed by atoms with Gasteiger partial charge in [-0.25, -0.2) is 0 Å². The van der Waals surface area contributed by atoms with Gasteiger partial charge in [-0.15, -0.1) is 0 Å². The molecule has 86 valence electrons. The minimum atomic E-state index is -0.993. The van der Waals surface area contributed by atoms with Crippen molar-refractivity contribution in [2.24, 2.45) is 0 Å². The van der Waals surface area contributed by atoms with Crippen LogP contribution in [-0.2, 0) is 0 Å². The second-order valence-electron chi connectivity index (χ2n) is 3.88. The number of aliphatic hydroxyl groups is 1. The monoisotopic (exact) mass is 220 g/mol. The van der Waals surface area contributed by atoms with E-state index < -0.39 is 5.60 Å². The van der Waals surface area contributed by atoms with Crippen LogP contribution in [0.4, 0.5) is 0 Å². The van der Waals surface area contributed by atoms with Gasteiger partial charge in [0.25, 0.3) is 0 Å². The maximum Gasteiger partial charge on any atom is 0.161 e. The van der Waals surface area contributed by atoms with Gasteiger partial charge in [0.05, 0.1) is 14.2 Å². The van der Waals surface area contributed by atoms with Gasteiger partial charge >= 0.3 is 0 Å². The molecule has 0 unspecified atom stereocenters. The highest BCUT2D eigenvalue weighted by Gasteiger charge is 2.07. The molecule has 0 heterocycles. The highest BCUT2D eigenvalue weighted by Crippen LogP contribution is 2.27. The van der Waals surface area contributed by atoms with Crippen LogP contribution in [0.2, 0.25) is 0 Å². The van der Waals surface area contributed by atoms with Crippen molar-refractivity contribution in [3.05, 3.63) is 23.8 Å². The minimum Gasteiger partial charge on any atom is -0.493 e. The molecule has 0 atom stereocenters. The van der Waals surface area contributed by atoms with Crippen molar-refractivity contribution in [3.63, 3.8) is 0 Å². The summed E-state index contributed by atoms with van der Waals surface area (Å²) in [5, 5.41) is 9.48. The average molecular weight is 220 g/mol. The number of ether oxygens (including phenoxy) is 2. The standard InChI is InChI=1S/C13H16O3/c1-13(2,14)8-7-10-5-6-11(15-3)12(9-10)16-4/h5-6,9,14H,1-4H3. The van der Waals surface area contributed by atoms with Crippen molar-refractivity contribution in [2.75, 3.05) is 14.2 Å². The Kier molecular flexibility index (Phi) is 3.81. The van der Waals surface area contributed by atoms with Gasteiger partial charge < -0.3 is 14.6 Å². The normalized spacial score (nSPS) is 10.3. The summed E-state index contributed by atoms with van der Waals surface area (Å²) < 4.78 is 10.3. The fourth-order valence-electron chi connectivity index (χ4n) is 1.14. The second-order valence-corrected chi connectivity index (χ2v) is 3.88. The number of benzene rings is 1. The van der Waals surface area contributed by atoms with E-state index in [0.717, 1.165) is 5.56 Å². The lowest BCUT2D eigenvalue weighted by atomic mass is 10.1. The Labute approximate surface area is 96.0 Å². The first-order valence-corrected chi connectivity index (χ1v) is 4.94. The van der Waals surface area contributed by atoms with Crippen LogP contribution in [0.25, 0.3) is 0 Å². The lowest BCUT2D eigenvalue weighted by Gasteiger charge is -2.08. The Morgan fingerprint density at radius 1 is 1.12 bits per heavy atom. The Bertz CT molecular complexity index is 419. The van der Waals surface area contributed by atoms with E-state index in [0.29, 0.717) is 11.5 Å². The molecule has 16 heavy (non-hydrogen) atoms. The van der Waals surface area contributed by atoms with E-state index in [4.69, 9.17) is 9.47 Å². The Balaban J connectivity index is 3.03. The first-order valence-electron chi connectivity index (χ1n) is 4.94. The molecule has 0 saturated heterocycles. The Morgan fingerprint density at radius 3 is 2.25 bits per heavy atom. The topological polar surface area (TPSA) is 38.7 Å². The molecule has 0 aliphatic heterocycles. The SMILES string of the molecule is COc1ccc(C#CC(C)(C)O)cc1OC. The third-order valence-corrected chi connectivity index (χ3v) is 1.90. The third-order valence-electron chi connectivity index (χ3n) is 1.90. The lowest BCUT2D eigenvalue weighted by Crippen LogP contribution is -2.14. The van der Waals surface area contributed by atoms with E-state index in [1.165, 1.54) is 0 Å². The summed E-state index contributed by atoms with van der Waals surface area (Å²) >= 11 is 0. The summed E-state index contributed by atoms with van der Waals surface area (Å²) in [5.74, 6) is 6.90. The first kappa shape index (κ1) is 12.4. The van der Waals surface area contributed by atoms with E-state index in [-0.39, 0.29) is 0 Å². The van der Waals surface area contributed by atoms with Gasteiger partial charge in [0, 0.05) is 5.56 Å². The van der Waals surface area contributed by atoms with Gasteiger partial charge in [-0.05, 0) is 32.0 Å². The highest BCUT2D eigenvalue weighted by atomic mass is 16.5. The molecule has 1 rings (SSSR count). The number of rotatable bonds is 2. The van der Waals surface area contributed by atoms with Gasteiger partial charge in [-0.2, -0.15) is 0 Å². The minimum absolute atomic E-state index is 0.630. The molecule has 0 aliphatic carbocycles. The molecular weight excluding hydrogens is 204 g/mol. The van der Waals surface area contributed by atoms with Gasteiger partial charge in [0.1, 0.15) is 5.60 Å². The van der Waals surface area contributed by atoms with Gasteiger partial charge in [-0.3, -0.25) is 0 Å². The fraction of sp³-hybridized carbons (Fsp3) is 0.385. The van der Waals surface area contributed by atoms with Crippen LogP contribution in [0.15, 0.2) is 18.2 Å². The Hall–Kier alpha value is -1.66. The zero-order valence-electron chi connectivity index (χ0n) is 10.00. The maximum atomic E-state index is 9.48. The van der Waals surface area contributed by atoms with Gasteiger partial charge in [0.15, 0.2) is 11.5 Å². The van der Waals surface area contributed by atoms with Crippen LogP contribution in [0.3, 0.4) is 0 Å². The smallest absolute Gasteiger partial charge is 0.161 e. The molecule has 0 saturated carbocycles. The van der Waals surface area contributed by atoms with Gasteiger partial charge in [-0.1, -0.05) is 11.8 Å². The van der Waals surface area contributed by atoms with Crippen LogP contribution in [-0.4, -0.2) is 24.9 Å². The van der Waals surface area contributed by atoms with Crippen LogP contribution in [0, 0.1) is 11.8 Å². The van der Waals surface area contributed by atoms with E-state index in [2.05, 4.69) is 11.8 Å². The van der Waals surface area contributed by atoms with E-state index in [1.54, 1.807) is 40.2 Å². The molecule has 0 aromatic heterocycles. The van der Waals surface area contributed by atoms with Crippen molar-refractivity contribution < 1.29 is 14.6 Å². The zero-order valence-corrected chi connectivity index (χ0v) is 10.00. The summed E-state index contributed by atoms with van der Waals surface area (Å²) in [6.45, 7) is 3.28. The summed E-state index contributed by atoms with van der Waals surface area (Å²) in [4.78, 5) is 0. The molecule has 0 aliphatic rings. The molecule has 0 amide bonds. The largest absolute Gasteiger partial charge is 0.493 e. The zero-order chi connectivity index (χ0) is 12.2. The van der Waals surface area contributed by atoms with E-state index >= 15 is 0 Å². The third kappa shape index (κ3) is 3.48. The lowest BCUT2D eigenvalue weighted by molar-refractivity contribution is 0.143. The number of methoxy groups -OCH3 is 2. The van der Waals surface area contributed by atoms with Gasteiger partial charge in [0.2, 0.25) is 0 Å². The van der Waals surface area contributed by atoms with E-state index in [9.17, 15) is 5.11 Å². The Morgan fingerprint density at radius 2 is 1.75 bits per heavy atom. The summed E-state index contributed by atoms with van der Waals surface area (Å²) in [6, 6.07) is 5.38. The van der Waals surface area contributed by atoms with Crippen LogP contribution in [0.5, 0.6) is 11.5 Å². The molecule has 1 aromatic rings. The fourth-order valence-corrected chi connectivity index (χ4v) is 1.14.